The van der Waals surface area contributed by atoms with E-state index in [-0.39, 0.29) is 11.7 Å². The summed E-state index contributed by atoms with van der Waals surface area (Å²) in [4.78, 5) is 22.1. The summed E-state index contributed by atoms with van der Waals surface area (Å²) >= 11 is 1.36. The molecule has 29 heavy (non-hydrogen) atoms. The van der Waals surface area contributed by atoms with Crippen molar-refractivity contribution in [3.8, 4) is 0 Å². The molecule has 2 fully saturated rings. The summed E-state index contributed by atoms with van der Waals surface area (Å²) in [6.45, 7) is 4.69. The minimum Gasteiger partial charge on any atom is -0.372 e. The second-order valence-electron chi connectivity index (χ2n) is 7.17. The van der Waals surface area contributed by atoms with Crippen LogP contribution in [0.25, 0.3) is 6.08 Å². The van der Waals surface area contributed by atoms with Crippen LogP contribution in [-0.4, -0.2) is 35.6 Å². The van der Waals surface area contributed by atoms with Crippen molar-refractivity contribution >= 4 is 40.3 Å². The summed E-state index contributed by atoms with van der Waals surface area (Å²) in [7, 11) is 0. The molecule has 4 rings (SSSR count). The lowest BCUT2D eigenvalue weighted by Crippen LogP contribution is -2.29. The van der Waals surface area contributed by atoms with E-state index in [2.05, 4.69) is 34.2 Å². The number of anilines is 1. The maximum absolute atomic E-state index is 13.1. The molecule has 0 N–H and O–H groups in total. The minimum atomic E-state index is -0.301. The molecule has 150 valence electrons. The van der Waals surface area contributed by atoms with Crippen LogP contribution in [0.5, 0.6) is 0 Å². The van der Waals surface area contributed by atoms with Crippen LogP contribution in [0.15, 0.2) is 58.4 Å². The normalized spacial score (nSPS) is 20.1. The number of halogens is 1. The Labute approximate surface area is 175 Å². The molecular weight excluding hydrogens is 385 g/mol. The number of aliphatic imine (C=N–C) groups is 1. The highest BCUT2D eigenvalue weighted by Gasteiger charge is 2.32. The molecule has 2 aromatic carbocycles. The van der Waals surface area contributed by atoms with E-state index in [9.17, 15) is 9.18 Å². The van der Waals surface area contributed by atoms with E-state index in [4.69, 9.17) is 0 Å². The molecule has 0 bridgehead atoms. The molecule has 2 aromatic rings. The number of benzene rings is 2. The van der Waals surface area contributed by atoms with Crippen LogP contribution in [0.4, 0.5) is 15.8 Å². The second kappa shape index (κ2) is 8.82. The number of hydrogen-bond donors (Lipinski definition) is 0. The first-order valence-corrected chi connectivity index (χ1v) is 10.9. The Hall–Kier alpha value is -2.60. The summed E-state index contributed by atoms with van der Waals surface area (Å²) in [6, 6.07) is 14.4. The van der Waals surface area contributed by atoms with Crippen LogP contribution >= 0.6 is 11.8 Å². The molecule has 0 unspecified atom stereocenters. The highest BCUT2D eigenvalue weighted by Crippen LogP contribution is 2.34. The van der Waals surface area contributed by atoms with Crippen molar-refractivity contribution in [3.05, 3.63) is 64.8 Å². The zero-order chi connectivity index (χ0) is 20.2. The third-order valence-electron chi connectivity index (χ3n) is 5.17. The van der Waals surface area contributed by atoms with Gasteiger partial charge in [0.25, 0.3) is 5.91 Å². The van der Waals surface area contributed by atoms with Crippen molar-refractivity contribution in [1.82, 2.24) is 4.90 Å². The SMILES string of the molecule is CCN1C(=O)/C(=C/c2ccc(N3CCCCC3)cc2)SC1=Nc1ccc(F)cc1. The minimum absolute atomic E-state index is 0.0431. The topological polar surface area (TPSA) is 35.9 Å². The number of amidine groups is 1. The van der Waals surface area contributed by atoms with Gasteiger partial charge in [0.1, 0.15) is 5.82 Å². The first-order chi connectivity index (χ1) is 14.1. The van der Waals surface area contributed by atoms with E-state index in [1.807, 2.05) is 13.0 Å². The van der Waals surface area contributed by atoms with Crippen molar-refractivity contribution in [1.29, 1.82) is 0 Å². The molecule has 6 heteroatoms. The molecule has 2 saturated heterocycles. The van der Waals surface area contributed by atoms with Crippen molar-refractivity contribution in [2.24, 2.45) is 4.99 Å². The molecule has 2 aliphatic heterocycles. The molecule has 0 spiro atoms. The fourth-order valence-electron chi connectivity index (χ4n) is 3.58. The first kappa shape index (κ1) is 19.7. The van der Waals surface area contributed by atoms with Gasteiger partial charge in [-0.15, -0.1) is 0 Å². The van der Waals surface area contributed by atoms with E-state index in [0.29, 0.717) is 22.3 Å². The number of thioether (sulfide) groups is 1. The Bertz CT molecular complexity index is 932. The predicted molar refractivity (Wildman–Crippen MR) is 119 cm³/mol. The quantitative estimate of drug-likeness (QED) is 0.631. The number of hydrogen-bond acceptors (Lipinski definition) is 4. The van der Waals surface area contributed by atoms with Crippen LogP contribution in [0.1, 0.15) is 31.7 Å². The maximum atomic E-state index is 13.1. The highest BCUT2D eigenvalue weighted by molar-refractivity contribution is 8.18. The number of nitrogens with zero attached hydrogens (tertiary/aromatic N) is 3. The molecule has 4 nitrogen and oxygen atoms in total. The number of piperidine rings is 1. The molecule has 0 aliphatic carbocycles. The van der Waals surface area contributed by atoms with Gasteiger partial charge in [0.15, 0.2) is 5.17 Å². The van der Waals surface area contributed by atoms with Crippen molar-refractivity contribution in [2.75, 3.05) is 24.5 Å². The van der Waals surface area contributed by atoms with Crippen LogP contribution in [0, 0.1) is 5.82 Å². The Morgan fingerprint density at radius 1 is 1.03 bits per heavy atom. The Balaban J connectivity index is 1.54. The number of likely N-dealkylation sites (N-methyl/N-ethyl adjacent to an activating group) is 1. The number of carbonyl (C=O) groups is 1. The van der Waals surface area contributed by atoms with Gasteiger partial charge in [-0.25, -0.2) is 9.38 Å². The smallest absolute Gasteiger partial charge is 0.266 e. The van der Waals surface area contributed by atoms with Gasteiger partial charge in [0, 0.05) is 25.3 Å². The average molecular weight is 410 g/mol. The van der Waals surface area contributed by atoms with Gasteiger partial charge in [-0.2, -0.15) is 0 Å². The fourth-order valence-corrected chi connectivity index (χ4v) is 4.64. The van der Waals surface area contributed by atoms with Crippen LogP contribution in [0.2, 0.25) is 0 Å². The van der Waals surface area contributed by atoms with Gasteiger partial charge < -0.3 is 4.90 Å². The molecule has 0 aromatic heterocycles. The average Bonchev–Trinajstić information content (AvgIpc) is 3.05. The monoisotopic (exact) mass is 409 g/mol. The van der Waals surface area contributed by atoms with Crippen LogP contribution in [-0.2, 0) is 4.79 Å². The summed E-state index contributed by atoms with van der Waals surface area (Å²) in [5.74, 6) is -0.344. The zero-order valence-electron chi connectivity index (χ0n) is 16.5. The molecule has 2 heterocycles. The first-order valence-electron chi connectivity index (χ1n) is 10.0. The highest BCUT2D eigenvalue weighted by atomic mass is 32.2. The van der Waals surface area contributed by atoms with E-state index >= 15 is 0 Å². The zero-order valence-corrected chi connectivity index (χ0v) is 17.3. The van der Waals surface area contributed by atoms with Crippen LogP contribution in [0.3, 0.4) is 0 Å². The van der Waals surface area contributed by atoms with E-state index in [0.717, 1.165) is 18.7 Å². The fraction of sp³-hybridized carbons (Fsp3) is 0.304. The molecule has 2 aliphatic rings. The third kappa shape index (κ3) is 4.53. The lowest BCUT2D eigenvalue weighted by molar-refractivity contribution is -0.122. The molecule has 0 radical (unpaired) electrons. The Morgan fingerprint density at radius 2 is 1.72 bits per heavy atom. The standard InChI is InChI=1S/C23H24FN3OS/c1-2-27-22(28)21(29-23(27)25-19-10-8-18(24)9-11-19)16-17-6-12-20(13-7-17)26-14-4-3-5-15-26/h6-13,16H,2-5,14-15H2,1H3/b21-16-,25-23?. The third-order valence-corrected chi connectivity index (χ3v) is 6.17. The maximum Gasteiger partial charge on any atom is 0.266 e. The van der Waals surface area contributed by atoms with Gasteiger partial charge in [0.05, 0.1) is 10.6 Å². The summed E-state index contributed by atoms with van der Waals surface area (Å²) < 4.78 is 13.1. The molecular formula is C23H24FN3OS. The van der Waals surface area contributed by atoms with Crippen molar-refractivity contribution < 1.29 is 9.18 Å². The summed E-state index contributed by atoms with van der Waals surface area (Å²) in [5.41, 5.74) is 2.87. The Kier molecular flexibility index (Phi) is 6.00. The van der Waals surface area contributed by atoms with Gasteiger partial charge >= 0.3 is 0 Å². The largest absolute Gasteiger partial charge is 0.372 e. The van der Waals surface area contributed by atoms with Crippen molar-refractivity contribution in [3.63, 3.8) is 0 Å². The lowest BCUT2D eigenvalue weighted by atomic mass is 10.1. The molecule has 1 amide bonds. The predicted octanol–water partition coefficient (Wildman–Crippen LogP) is 5.44. The number of carbonyl (C=O) groups excluding carboxylic acids is 1. The number of rotatable bonds is 4. The van der Waals surface area contributed by atoms with E-state index in [1.54, 1.807) is 17.0 Å². The second-order valence-corrected chi connectivity index (χ2v) is 8.18. The molecule has 0 saturated carbocycles. The van der Waals surface area contributed by atoms with E-state index < -0.39 is 0 Å². The van der Waals surface area contributed by atoms with Gasteiger partial charge in [-0.3, -0.25) is 9.69 Å². The lowest BCUT2D eigenvalue weighted by Gasteiger charge is -2.28. The molecule has 0 atom stereocenters. The van der Waals surface area contributed by atoms with Gasteiger partial charge in [0.2, 0.25) is 0 Å². The van der Waals surface area contributed by atoms with Crippen molar-refractivity contribution in [2.45, 2.75) is 26.2 Å². The summed E-state index contributed by atoms with van der Waals surface area (Å²) in [5, 5.41) is 0.625. The van der Waals surface area contributed by atoms with Gasteiger partial charge in [-0.05, 0) is 86.0 Å². The number of amides is 1. The van der Waals surface area contributed by atoms with Crippen LogP contribution < -0.4 is 4.90 Å². The Morgan fingerprint density at radius 3 is 2.38 bits per heavy atom. The van der Waals surface area contributed by atoms with Gasteiger partial charge in [-0.1, -0.05) is 12.1 Å². The summed E-state index contributed by atoms with van der Waals surface area (Å²) in [6.07, 6.45) is 5.73. The van der Waals surface area contributed by atoms with E-state index in [1.165, 1.54) is 48.8 Å².